The Morgan fingerprint density at radius 2 is 1.76 bits per heavy atom. The van der Waals surface area contributed by atoms with Gasteiger partial charge in [0.15, 0.2) is 5.65 Å². The van der Waals surface area contributed by atoms with Crippen LogP contribution in [0.4, 0.5) is 0 Å². The Kier molecular flexibility index (Phi) is 5.58. The number of ether oxygens (including phenoxy) is 1. The molecule has 2 fully saturated rings. The van der Waals surface area contributed by atoms with Crippen LogP contribution in [-0.2, 0) is 4.43 Å². The molecule has 2 aromatic carbocycles. The monoisotopic (exact) mass is 550 g/mol. The highest BCUT2D eigenvalue weighted by atomic mass is 127. The smallest absolute Gasteiger partial charge is 0.162 e. The van der Waals surface area contributed by atoms with Crippen LogP contribution >= 0.6 is 22.6 Å². The molecule has 1 aliphatic heterocycles. The maximum absolute atomic E-state index is 6.43. The molecule has 0 atom stereocenters. The second-order valence-electron chi connectivity index (χ2n) is 9.30. The van der Waals surface area contributed by atoms with E-state index < -0.39 is 0 Å². The summed E-state index contributed by atoms with van der Waals surface area (Å²) in [6, 6.07) is 17.0. The Morgan fingerprint density at radius 1 is 0.939 bits per heavy atom. The van der Waals surface area contributed by atoms with E-state index in [4.69, 9.17) is 9.72 Å². The highest BCUT2D eigenvalue weighted by molar-refractivity contribution is 14.1. The van der Waals surface area contributed by atoms with Crippen LogP contribution in [0.15, 0.2) is 67.1 Å². The number of alkyl halides is 1. The summed E-state index contributed by atoms with van der Waals surface area (Å²) in [5.74, 6) is 0.959. The van der Waals surface area contributed by atoms with Gasteiger partial charge in [0.05, 0.1) is 6.20 Å². The maximum atomic E-state index is 6.43. The minimum Gasteiger partial charge on any atom is -0.486 e. The lowest BCUT2D eigenvalue weighted by Gasteiger charge is -2.24. The maximum Gasteiger partial charge on any atom is 0.162 e. The molecule has 0 amide bonds. The summed E-state index contributed by atoms with van der Waals surface area (Å²) in [6.07, 6.45) is 10.9. The van der Waals surface area contributed by atoms with Crippen molar-refractivity contribution < 1.29 is 4.74 Å². The first-order valence-corrected chi connectivity index (χ1v) is 13.2. The third-order valence-electron chi connectivity index (χ3n) is 6.79. The van der Waals surface area contributed by atoms with Crippen LogP contribution in [0.2, 0.25) is 0 Å². The summed E-state index contributed by atoms with van der Waals surface area (Å²) < 4.78 is 9.30. The molecule has 0 unspecified atom stereocenters. The van der Waals surface area contributed by atoms with Gasteiger partial charge in [-0.1, -0.05) is 59.0 Å². The summed E-state index contributed by atoms with van der Waals surface area (Å²) in [7, 11) is 0. The zero-order valence-electron chi connectivity index (χ0n) is 18.6. The summed E-state index contributed by atoms with van der Waals surface area (Å²) in [4.78, 5) is 7.31. The standard InChI is InChI=1S/C27H27IN4O/c28-15-20-4-3-5-22(14-20)25-17-30-32-18-23(16-29-26(25)32)21-6-8-24(9-7-21)33-27(10-11-27)19-31-12-1-2-13-31/h3-9,14,16-18H,1-2,10-13,15,19H2. The molecular weight excluding hydrogens is 523 g/mol. The predicted octanol–water partition coefficient (Wildman–Crippen LogP) is 6.01. The van der Waals surface area contributed by atoms with Crippen LogP contribution in [0, 0.1) is 0 Å². The largest absolute Gasteiger partial charge is 0.486 e. The molecule has 2 aromatic heterocycles. The van der Waals surface area contributed by atoms with E-state index >= 15 is 0 Å². The van der Waals surface area contributed by atoms with Crippen LogP contribution in [0.1, 0.15) is 31.2 Å². The van der Waals surface area contributed by atoms with Crippen molar-refractivity contribution in [3.05, 3.63) is 72.7 Å². The number of benzene rings is 2. The molecule has 6 rings (SSSR count). The summed E-state index contributed by atoms with van der Waals surface area (Å²) >= 11 is 2.39. The van der Waals surface area contributed by atoms with Crippen molar-refractivity contribution in [2.24, 2.45) is 0 Å². The molecule has 1 saturated heterocycles. The Bertz CT molecular complexity index is 1270. The number of halogens is 1. The Balaban J connectivity index is 1.20. The minimum absolute atomic E-state index is 0.0341. The lowest BCUT2D eigenvalue weighted by Crippen LogP contribution is -2.35. The quantitative estimate of drug-likeness (QED) is 0.209. The van der Waals surface area contributed by atoms with Gasteiger partial charge in [-0.3, -0.25) is 4.90 Å². The van der Waals surface area contributed by atoms with Gasteiger partial charge < -0.3 is 4.74 Å². The average molecular weight is 550 g/mol. The fraction of sp³-hybridized carbons (Fsp3) is 0.333. The van der Waals surface area contributed by atoms with Crippen molar-refractivity contribution >= 4 is 28.2 Å². The topological polar surface area (TPSA) is 42.7 Å². The Hall–Kier alpha value is -2.45. The summed E-state index contributed by atoms with van der Waals surface area (Å²) in [5.41, 5.74) is 6.59. The number of rotatable bonds is 7. The van der Waals surface area contributed by atoms with Crippen LogP contribution in [0.25, 0.3) is 27.9 Å². The molecule has 33 heavy (non-hydrogen) atoms. The van der Waals surface area contributed by atoms with Gasteiger partial charge in [0, 0.05) is 34.5 Å². The fourth-order valence-electron chi connectivity index (χ4n) is 4.79. The van der Waals surface area contributed by atoms with E-state index in [0.717, 1.165) is 57.5 Å². The molecule has 0 radical (unpaired) electrons. The van der Waals surface area contributed by atoms with Gasteiger partial charge in [-0.05, 0) is 67.6 Å². The van der Waals surface area contributed by atoms with Crippen molar-refractivity contribution in [1.82, 2.24) is 19.5 Å². The summed E-state index contributed by atoms with van der Waals surface area (Å²) in [6.45, 7) is 3.51. The minimum atomic E-state index is 0.0341. The van der Waals surface area contributed by atoms with Crippen LogP contribution < -0.4 is 4.74 Å². The van der Waals surface area contributed by atoms with Gasteiger partial charge in [-0.15, -0.1) is 0 Å². The number of likely N-dealkylation sites (tertiary alicyclic amines) is 1. The van der Waals surface area contributed by atoms with Gasteiger partial charge in [0.2, 0.25) is 0 Å². The van der Waals surface area contributed by atoms with E-state index in [1.54, 1.807) is 0 Å². The normalized spacial score (nSPS) is 17.5. The van der Waals surface area contributed by atoms with E-state index in [9.17, 15) is 0 Å². The molecule has 0 spiro atoms. The third kappa shape index (κ3) is 4.38. The van der Waals surface area contributed by atoms with E-state index in [-0.39, 0.29) is 5.60 Å². The predicted molar refractivity (Wildman–Crippen MR) is 140 cm³/mol. The molecule has 1 saturated carbocycles. The van der Waals surface area contributed by atoms with E-state index in [1.165, 1.54) is 31.5 Å². The lowest BCUT2D eigenvalue weighted by atomic mass is 10.1. The van der Waals surface area contributed by atoms with Gasteiger partial charge in [-0.25, -0.2) is 9.50 Å². The van der Waals surface area contributed by atoms with E-state index in [2.05, 4.69) is 87.3 Å². The Labute approximate surface area is 207 Å². The number of hydrogen-bond acceptors (Lipinski definition) is 4. The first-order valence-electron chi connectivity index (χ1n) is 11.7. The number of nitrogens with zero attached hydrogens (tertiary/aromatic N) is 4. The first kappa shape index (κ1) is 21.1. The third-order valence-corrected chi connectivity index (χ3v) is 7.67. The van der Waals surface area contributed by atoms with Crippen LogP contribution in [-0.4, -0.2) is 44.7 Å². The second-order valence-corrected chi connectivity index (χ2v) is 10.1. The number of fused-ring (bicyclic) bond motifs is 1. The highest BCUT2D eigenvalue weighted by Crippen LogP contribution is 2.41. The lowest BCUT2D eigenvalue weighted by molar-refractivity contribution is 0.126. The van der Waals surface area contributed by atoms with Crippen molar-refractivity contribution in [1.29, 1.82) is 0 Å². The molecule has 2 aliphatic rings. The van der Waals surface area contributed by atoms with Gasteiger partial charge in [-0.2, -0.15) is 5.10 Å². The molecule has 5 nitrogen and oxygen atoms in total. The van der Waals surface area contributed by atoms with Crippen molar-refractivity contribution in [3.63, 3.8) is 0 Å². The Morgan fingerprint density at radius 3 is 2.52 bits per heavy atom. The SMILES string of the molecule is ICc1cccc(-c2cnn3cc(-c4ccc(OC5(CN6CCCC6)CC5)cc4)cnc23)c1. The fourth-order valence-corrected chi connectivity index (χ4v) is 5.27. The van der Waals surface area contributed by atoms with E-state index in [0.29, 0.717) is 0 Å². The van der Waals surface area contributed by atoms with Gasteiger partial charge in [0.25, 0.3) is 0 Å². The van der Waals surface area contributed by atoms with Crippen LogP contribution in [0.3, 0.4) is 0 Å². The van der Waals surface area contributed by atoms with Crippen molar-refractivity contribution in [3.8, 4) is 28.0 Å². The zero-order chi connectivity index (χ0) is 22.3. The zero-order valence-corrected chi connectivity index (χ0v) is 20.7. The average Bonchev–Trinajstić information content (AvgIpc) is 3.23. The summed E-state index contributed by atoms with van der Waals surface area (Å²) in [5, 5.41) is 4.58. The second kappa shape index (κ2) is 8.72. The molecular formula is C27H27IN4O. The molecule has 0 bridgehead atoms. The molecule has 0 N–H and O–H groups in total. The van der Waals surface area contributed by atoms with Gasteiger partial charge >= 0.3 is 0 Å². The molecule has 6 heteroatoms. The molecule has 3 heterocycles. The molecule has 1 aliphatic carbocycles. The number of hydrogen-bond donors (Lipinski definition) is 0. The molecule has 4 aromatic rings. The first-order chi connectivity index (χ1) is 16.2. The van der Waals surface area contributed by atoms with Gasteiger partial charge in [0.1, 0.15) is 11.4 Å². The highest BCUT2D eigenvalue weighted by Gasteiger charge is 2.47. The van der Waals surface area contributed by atoms with E-state index in [1.807, 2.05) is 16.9 Å². The number of aromatic nitrogens is 3. The van der Waals surface area contributed by atoms with Crippen LogP contribution in [0.5, 0.6) is 5.75 Å². The van der Waals surface area contributed by atoms with Crippen molar-refractivity contribution in [2.45, 2.75) is 35.7 Å². The molecule has 168 valence electrons. The van der Waals surface area contributed by atoms with Crippen molar-refractivity contribution in [2.75, 3.05) is 19.6 Å².